The Labute approximate surface area is 133 Å². The standard InChI is InChI=1S/C15H17ClN4O2/c1-22-11-4-2-3-9(5-11)12-6-10(21)7-20(12)15-13(16)14(17)18-8-19-15/h2-5,8,10,12,21H,6-7H2,1H3,(H2,17,18,19)/t10-,12-/m1/s1. The van der Waals surface area contributed by atoms with Crippen LogP contribution in [0.3, 0.4) is 0 Å². The molecule has 1 saturated heterocycles. The lowest BCUT2D eigenvalue weighted by molar-refractivity contribution is 0.194. The molecule has 116 valence electrons. The molecule has 0 radical (unpaired) electrons. The van der Waals surface area contributed by atoms with Crippen molar-refractivity contribution < 1.29 is 9.84 Å². The molecule has 1 fully saturated rings. The Balaban J connectivity index is 2.00. The number of hydrogen-bond donors (Lipinski definition) is 2. The number of β-amino-alcohol motifs (C(OH)–C–C–N with tert-alkyl or cyclic N) is 1. The minimum atomic E-state index is -0.455. The number of nitrogens with zero attached hydrogens (tertiary/aromatic N) is 3. The van der Waals surface area contributed by atoms with Crippen LogP contribution in [0.4, 0.5) is 11.6 Å². The van der Waals surface area contributed by atoms with Crippen molar-refractivity contribution in [2.75, 3.05) is 24.3 Å². The van der Waals surface area contributed by atoms with Gasteiger partial charge in [0.1, 0.15) is 22.9 Å². The molecular weight excluding hydrogens is 304 g/mol. The van der Waals surface area contributed by atoms with E-state index >= 15 is 0 Å². The lowest BCUT2D eigenvalue weighted by Gasteiger charge is -2.26. The third-order valence-corrected chi connectivity index (χ3v) is 4.19. The van der Waals surface area contributed by atoms with E-state index in [4.69, 9.17) is 22.1 Å². The van der Waals surface area contributed by atoms with Gasteiger partial charge in [-0.2, -0.15) is 0 Å². The summed E-state index contributed by atoms with van der Waals surface area (Å²) in [7, 11) is 1.63. The predicted octanol–water partition coefficient (Wildman–Crippen LogP) is 2.03. The van der Waals surface area contributed by atoms with Gasteiger partial charge in [0.05, 0.1) is 19.3 Å². The van der Waals surface area contributed by atoms with Crippen LogP contribution >= 0.6 is 11.6 Å². The van der Waals surface area contributed by atoms with Gasteiger partial charge in [0.2, 0.25) is 0 Å². The van der Waals surface area contributed by atoms with E-state index in [1.165, 1.54) is 6.33 Å². The number of aromatic nitrogens is 2. The molecule has 22 heavy (non-hydrogen) atoms. The van der Waals surface area contributed by atoms with E-state index in [1.54, 1.807) is 7.11 Å². The maximum atomic E-state index is 10.1. The molecule has 0 spiro atoms. The smallest absolute Gasteiger partial charge is 0.153 e. The zero-order valence-electron chi connectivity index (χ0n) is 12.1. The van der Waals surface area contributed by atoms with Crippen molar-refractivity contribution in [3.63, 3.8) is 0 Å². The summed E-state index contributed by atoms with van der Waals surface area (Å²) in [5.41, 5.74) is 6.79. The number of anilines is 2. The minimum absolute atomic E-state index is 0.0445. The molecule has 0 amide bonds. The zero-order valence-corrected chi connectivity index (χ0v) is 12.9. The van der Waals surface area contributed by atoms with Crippen molar-refractivity contribution in [3.8, 4) is 5.75 Å². The van der Waals surface area contributed by atoms with Gasteiger partial charge in [-0.15, -0.1) is 0 Å². The highest BCUT2D eigenvalue weighted by molar-refractivity contribution is 6.35. The molecule has 7 heteroatoms. The Morgan fingerprint density at radius 1 is 1.41 bits per heavy atom. The first-order valence-electron chi connectivity index (χ1n) is 6.94. The summed E-state index contributed by atoms with van der Waals surface area (Å²) < 4.78 is 5.27. The second-order valence-corrected chi connectivity index (χ2v) is 5.61. The van der Waals surface area contributed by atoms with E-state index in [0.717, 1.165) is 11.3 Å². The van der Waals surface area contributed by atoms with Crippen LogP contribution in [0.25, 0.3) is 0 Å². The van der Waals surface area contributed by atoms with Crippen molar-refractivity contribution in [1.29, 1.82) is 0 Å². The van der Waals surface area contributed by atoms with E-state index < -0.39 is 6.10 Å². The molecule has 0 unspecified atom stereocenters. The lowest BCUT2D eigenvalue weighted by Crippen LogP contribution is -2.26. The monoisotopic (exact) mass is 320 g/mol. The summed E-state index contributed by atoms with van der Waals surface area (Å²) in [6.07, 6.45) is 1.51. The summed E-state index contributed by atoms with van der Waals surface area (Å²) in [6, 6.07) is 7.71. The van der Waals surface area contributed by atoms with Crippen molar-refractivity contribution in [3.05, 3.63) is 41.2 Å². The van der Waals surface area contributed by atoms with Crippen LogP contribution in [0.5, 0.6) is 5.75 Å². The average Bonchev–Trinajstić information content (AvgIpc) is 2.92. The van der Waals surface area contributed by atoms with Crippen LogP contribution in [0.15, 0.2) is 30.6 Å². The number of benzene rings is 1. The summed E-state index contributed by atoms with van der Waals surface area (Å²) >= 11 is 6.23. The second kappa shape index (κ2) is 5.98. The number of ether oxygens (including phenoxy) is 1. The van der Waals surface area contributed by atoms with Gasteiger partial charge in [0.15, 0.2) is 5.82 Å². The molecule has 2 heterocycles. The van der Waals surface area contributed by atoms with E-state index in [0.29, 0.717) is 23.8 Å². The van der Waals surface area contributed by atoms with Crippen molar-refractivity contribution >= 4 is 23.2 Å². The molecule has 1 aliphatic heterocycles. The van der Waals surface area contributed by atoms with E-state index in [2.05, 4.69) is 9.97 Å². The fraction of sp³-hybridized carbons (Fsp3) is 0.333. The van der Waals surface area contributed by atoms with Gasteiger partial charge in [0.25, 0.3) is 0 Å². The molecule has 0 bridgehead atoms. The molecule has 0 saturated carbocycles. The largest absolute Gasteiger partial charge is 0.497 e. The summed E-state index contributed by atoms with van der Waals surface area (Å²) in [5.74, 6) is 1.54. The van der Waals surface area contributed by atoms with Crippen molar-refractivity contribution in [1.82, 2.24) is 9.97 Å². The van der Waals surface area contributed by atoms with E-state index in [9.17, 15) is 5.11 Å². The van der Waals surface area contributed by atoms with Crippen LogP contribution in [-0.2, 0) is 0 Å². The highest BCUT2D eigenvalue weighted by atomic mass is 35.5. The Morgan fingerprint density at radius 3 is 3.00 bits per heavy atom. The fourth-order valence-corrected chi connectivity index (χ4v) is 2.99. The molecule has 6 nitrogen and oxygen atoms in total. The number of methoxy groups -OCH3 is 1. The third kappa shape index (κ3) is 2.67. The fourth-order valence-electron chi connectivity index (χ4n) is 2.79. The molecule has 3 rings (SSSR count). The molecule has 3 N–H and O–H groups in total. The van der Waals surface area contributed by atoms with Crippen molar-refractivity contribution in [2.45, 2.75) is 18.6 Å². The van der Waals surface area contributed by atoms with Crippen molar-refractivity contribution in [2.24, 2.45) is 0 Å². The first kappa shape index (κ1) is 14.9. The molecule has 2 atom stereocenters. The first-order chi connectivity index (χ1) is 10.6. The SMILES string of the molecule is COc1cccc([C@H]2C[C@@H](O)CN2c2ncnc(N)c2Cl)c1. The number of nitrogen functional groups attached to an aromatic ring is 1. The van der Waals surface area contributed by atoms with Crippen LogP contribution in [-0.4, -0.2) is 34.8 Å². The van der Waals surface area contributed by atoms with Gasteiger partial charge in [-0.1, -0.05) is 23.7 Å². The molecule has 2 aromatic rings. The normalized spacial score (nSPS) is 21.1. The number of hydrogen-bond acceptors (Lipinski definition) is 6. The topological polar surface area (TPSA) is 84.5 Å². The highest BCUT2D eigenvalue weighted by Crippen LogP contribution is 2.39. The molecule has 1 aromatic carbocycles. The Hall–Kier alpha value is -2.05. The van der Waals surface area contributed by atoms with Crippen LogP contribution in [0, 0.1) is 0 Å². The molecule has 1 aromatic heterocycles. The molecular formula is C15H17ClN4O2. The number of rotatable bonds is 3. The summed E-state index contributed by atoms with van der Waals surface area (Å²) in [4.78, 5) is 10.1. The Bertz CT molecular complexity index is 682. The maximum Gasteiger partial charge on any atom is 0.153 e. The highest BCUT2D eigenvalue weighted by Gasteiger charge is 2.34. The van der Waals surface area contributed by atoms with Crippen LogP contribution in [0.1, 0.15) is 18.0 Å². The third-order valence-electron chi connectivity index (χ3n) is 3.83. The molecule has 0 aliphatic carbocycles. The lowest BCUT2D eigenvalue weighted by atomic mass is 10.0. The number of aliphatic hydroxyl groups is 1. The number of halogens is 1. The summed E-state index contributed by atoms with van der Waals surface area (Å²) in [5, 5.41) is 10.4. The van der Waals surface area contributed by atoms with Gasteiger partial charge < -0.3 is 20.5 Å². The van der Waals surface area contributed by atoms with Gasteiger partial charge in [-0.3, -0.25) is 0 Å². The number of nitrogens with two attached hydrogens (primary N) is 1. The predicted molar refractivity (Wildman–Crippen MR) is 85.2 cm³/mol. The first-order valence-corrected chi connectivity index (χ1v) is 7.32. The molecule has 1 aliphatic rings. The quantitative estimate of drug-likeness (QED) is 0.900. The van der Waals surface area contributed by atoms with Gasteiger partial charge in [0, 0.05) is 6.54 Å². The summed E-state index contributed by atoms with van der Waals surface area (Å²) in [6.45, 7) is 0.443. The van der Waals surface area contributed by atoms with Gasteiger partial charge in [-0.05, 0) is 24.1 Å². The van der Waals surface area contributed by atoms with Crippen LogP contribution < -0.4 is 15.4 Å². The zero-order chi connectivity index (χ0) is 15.7. The average molecular weight is 321 g/mol. The number of aliphatic hydroxyl groups excluding tert-OH is 1. The van der Waals surface area contributed by atoms with E-state index in [1.807, 2.05) is 29.2 Å². The minimum Gasteiger partial charge on any atom is -0.497 e. The van der Waals surface area contributed by atoms with E-state index in [-0.39, 0.29) is 11.9 Å². The maximum absolute atomic E-state index is 10.1. The Kier molecular flexibility index (Phi) is 4.04. The van der Waals surface area contributed by atoms with Crippen LogP contribution in [0.2, 0.25) is 5.02 Å². The van der Waals surface area contributed by atoms with Gasteiger partial charge >= 0.3 is 0 Å². The van der Waals surface area contributed by atoms with Gasteiger partial charge in [-0.25, -0.2) is 9.97 Å². The second-order valence-electron chi connectivity index (χ2n) is 5.23. The Morgan fingerprint density at radius 2 is 2.23 bits per heavy atom.